The van der Waals surface area contributed by atoms with Crippen molar-refractivity contribution in [2.24, 2.45) is 0 Å². The molecule has 148 valence electrons. The molecular weight excluding hydrogens is 376 g/mol. The van der Waals surface area contributed by atoms with E-state index in [1.54, 1.807) is 18.1 Å². The molecule has 0 spiro atoms. The van der Waals surface area contributed by atoms with Crippen LogP contribution in [0.5, 0.6) is 5.75 Å². The number of ether oxygens (including phenoxy) is 1. The predicted octanol–water partition coefficient (Wildman–Crippen LogP) is 2.38. The smallest absolute Gasteiger partial charge is 0.236 e. The van der Waals surface area contributed by atoms with Crippen molar-refractivity contribution in [1.29, 1.82) is 0 Å². The van der Waals surface area contributed by atoms with Crippen LogP contribution in [0.25, 0.3) is 6.08 Å². The van der Waals surface area contributed by atoms with Gasteiger partial charge in [-0.05, 0) is 29.3 Å². The molecule has 1 saturated heterocycles. The van der Waals surface area contributed by atoms with Crippen molar-refractivity contribution in [3.8, 4) is 5.75 Å². The number of methoxy groups -OCH3 is 1. The van der Waals surface area contributed by atoms with Crippen molar-refractivity contribution in [3.05, 3.63) is 71.1 Å². The number of carbonyl (C=O) groups excluding carboxylic acids is 1. The standard InChI is InChI=1S/C21H24N2O4S/c1-27-20-9-5-8-19(16-20)17-21(24)22-11-13-23(14-12-22)28(25,26)15-10-18-6-3-2-4-7-18/h2-10,15-16H,11-14,17H2,1H3. The summed E-state index contributed by atoms with van der Waals surface area (Å²) < 4.78 is 31.6. The molecule has 0 atom stereocenters. The third kappa shape index (κ3) is 5.21. The van der Waals surface area contributed by atoms with Crippen LogP contribution in [0.4, 0.5) is 0 Å². The van der Waals surface area contributed by atoms with Gasteiger partial charge >= 0.3 is 0 Å². The fraction of sp³-hybridized carbons (Fsp3) is 0.286. The Labute approximate surface area is 166 Å². The minimum Gasteiger partial charge on any atom is -0.497 e. The van der Waals surface area contributed by atoms with Crippen molar-refractivity contribution in [2.75, 3.05) is 33.3 Å². The van der Waals surface area contributed by atoms with Gasteiger partial charge in [-0.3, -0.25) is 4.79 Å². The number of hydrogen-bond donors (Lipinski definition) is 0. The molecule has 0 aliphatic carbocycles. The molecule has 1 heterocycles. The number of nitrogens with zero attached hydrogens (tertiary/aromatic N) is 2. The van der Waals surface area contributed by atoms with Gasteiger partial charge in [0.05, 0.1) is 13.5 Å². The van der Waals surface area contributed by atoms with Crippen LogP contribution in [0.1, 0.15) is 11.1 Å². The molecular formula is C21H24N2O4S. The lowest BCUT2D eigenvalue weighted by Gasteiger charge is -2.33. The lowest BCUT2D eigenvalue weighted by atomic mass is 10.1. The third-order valence-corrected chi connectivity index (χ3v) is 6.24. The van der Waals surface area contributed by atoms with Crippen LogP contribution in [-0.2, 0) is 21.2 Å². The van der Waals surface area contributed by atoms with E-state index in [2.05, 4.69) is 0 Å². The van der Waals surface area contributed by atoms with Crippen LogP contribution in [0.3, 0.4) is 0 Å². The van der Waals surface area contributed by atoms with Crippen LogP contribution in [0.15, 0.2) is 60.0 Å². The van der Waals surface area contributed by atoms with Gasteiger partial charge in [0.15, 0.2) is 0 Å². The zero-order valence-corrected chi connectivity index (χ0v) is 16.6. The van der Waals surface area contributed by atoms with E-state index in [4.69, 9.17) is 4.74 Å². The summed E-state index contributed by atoms with van der Waals surface area (Å²) in [6, 6.07) is 16.7. The molecule has 3 rings (SSSR count). The van der Waals surface area contributed by atoms with E-state index in [1.807, 2.05) is 54.6 Å². The maximum atomic E-state index is 12.5. The third-order valence-electron chi connectivity index (χ3n) is 4.67. The number of sulfonamides is 1. The molecule has 1 amide bonds. The Morgan fingerprint density at radius 1 is 1.04 bits per heavy atom. The van der Waals surface area contributed by atoms with Gasteiger partial charge in [-0.15, -0.1) is 0 Å². The van der Waals surface area contributed by atoms with Gasteiger partial charge in [-0.1, -0.05) is 42.5 Å². The SMILES string of the molecule is COc1cccc(CC(=O)N2CCN(S(=O)(=O)C=Cc3ccccc3)CC2)c1. The molecule has 2 aromatic carbocycles. The molecule has 0 saturated carbocycles. The van der Waals surface area contributed by atoms with Crippen LogP contribution < -0.4 is 4.74 Å². The molecule has 1 aliphatic heterocycles. The molecule has 7 heteroatoms. The number of rotatable bonds is 6. The Morgan fingerprint density at radius 2 is 1.75 bits per heavy atom. The van der Waals surface area contributed by atoms with Crippen molar-refractivity contribution in [3.63, 3.8) is 0 Å². The number of piperazine rings is 1. The summed E-state index contributed by atoms with van der Waals surface area (Å²) >= 11 is 0. The van der Waals surface area contributed by atoms with Crippen LogP contribution in [0.2, 0.25) is 0 Å². The first kappa shape index (κ1) is 20.1. The van der Waals surface area contributed by atoms with E-state index in [0.717, 1.165) is 11.1 Å². The molecule has 0 radical (unpaired) electrons. The minimum absolute atomic E-state index is 0.00914. The number of hydrogen-bond acceptors (Lipinski definition) is 4. The van der Waals surface area contributed by atoms with E-state index >= 15 is 0 Å². The summed E-state index contributed by atoms with van der Waals surface area (Å²) in [6.45, 7) is 1.37. The highest BCUT2D eigenvalue weighted by Gasteiger charge is 2.27. The van der Waals surface area contributed by atoms with Gasteiger partial charge in [0.25, 0.3) is 0 Å². The molecule has 1 fully saturated rings. The largest absolute Gasteiger partial charge is 0.497 e. The zero-order chi connectivity index (χ0) is 20.0. The van der Waals surface area contributed by atoms with E-state index in [1.165, 1.54) is 9.71 Å². The highest BCUT2D eigenvalue weighted by atomic mass is 32.2. The van der Waals surface area contributed by atoms with Crippen LogP contribution in [-0.4, -0.2) is 56.8 Å². The first-order valence-electron chi connectivity index (χ1n) is 9.12. The molecule has 0 N–H and O–H groups in total. The van der Waals surface area contributed by atoms with Crippen molar-refractivity contribution >= 4 is 22.0 Å². The first-order valence-corrected chi connectivity index (χ1v) is 10.6. The Kier molecular flexibility index (Phi) is 6.49. The van der Waals surface area contributed by atoms with Gasteiger partial charge in [0, 0.05) is 31.6 Å². The van der Waals surface area contributed by atoms with Gasteiger partial charge in [-0.25, -0.2) is 8.42 Å². The number of carbonyl (C=O) groups is 1. The summed E-state index contributed by atoms with van der Waals surface area (Å²) in [5.74, 6) is 0.705. The van der Waals surface area contributed by atoms with Crippen molar-refractivity contribution in [1.82, 2.24) is 9.21 Å². The summed E-state index contributed by atoms with van der Waals surface area (Å²) in [4.78, 5) is 14.3. The average molecular weight is 401 g/mol. The lowest BCUT2D eigenvalue weighted by molar-refractivity contribution is -0.131. The normalized spacial score (nSPS) is 15.7. The highest BCUT2D eigenvalue weighted by molar-refractivity contribution is 7.92. The second-order valence-electron chi connectivity index (χ2n) is 6.57. The molecule has 2 aromatic rings. The maximum Gasteiger partial charge on any atom is 0.236 e. The lowest BCUT2D eigenvalue weighted by Crippen LogP contribution is -2.50. The number of amides is 1. The van der Waals surface area contributed by atoms with Crippen molar-refractivity contribution < 1.29 is 17.9 Å². The minimum atomic E-state index is -3.50. The monoisotopic (exact) mass is 400 g/mol. The topological polar surface area (TPSA) is 66.9 Å². The second kappa shape index (κ2) is 9.03. The van der Waals surface area contributed by atoms with Gasteiger partial charge in [-0.2, -0.15) is 4.31 Å². The molecule has 6 nitrogen and oxygen atoms in total. The molecule has 28 heavy (non-hydrogen) atoms. The van der Waals surface area contributed by atoms with Crippen LogP contribution in [0, 0.1) is 0 Å². The molecule has 0 aromatic heterocycles. The van der Waals surface area contributed by atoms with Crippen LogP contribution >= 0.6 is 0 Å². The quantitative estimate of drug-likeness (QED) is 0.747. The van der Waals surface area contributed by atoms with E-state index in [9.17, 15) is 13.2 Å². The van der Waals surface area contributed by atoms with E-state index < -0.39 is 10.0 Å². The van der Waals surface area contributed by atoms with E-state index in [-0.39, 0.29) is 12.3 Å². The summed E-state index contributed by atoms with van der Waals surface area (Å²) in [7, 11) is -1.91. The Hall–Kier alpha value is -2.64. The Balaban J connectivity index is 1.56. The average Bonchev–Trinajstić information content (AvgIpc) is 2.73. The fourth-order valence-corrected chi connectivity index (χ4v) is 4.25. The highest BCUT2D eigenvalue weighted by Crippen LogP contribution is 2.16. The van der Waals surface area contributed by atoms with Gasteiger partial charge < -0.3 is 9.64 Å². The number of benzene rings is 2. The first-order chi connectivity index (χ1) is 13.5. The molecule has 1 aliphatic rings. The van der Waals surface area contributed by atoms with E-state index in [0.29, 0.717) is 31.9 Å². The van der Waals surface area contributed by atoms with Gasteiger partial charge in [0.2, 0.25) is 15.9 Å². The summed E-state index contributed by atoms with van der Waals surface area (Å²) in [6.07, 6.45) is 1.87. The predicted molar refractivity (Wildman–Crippen MR) is 109 cm³/mol. The summed E-state index contributed by atoms with van der Waals surface area (Å²) in [5.41, 5.74) is 1.71. The maximum absolute atomic E-state index is 12.5. The summed E-state index contributed by atoms with van der Waals surface area (Å²) in [5, 5.41) is 1.23. The Morgan fingerprint density at radius 3 is 2.43 bits per heavy atom. The second-order valence-corrected chi connectivity index (χ2v) is 8.39. The Bertz CT molecular complexity index is 934. The molecule has 0 unspecified atom stereocenters. The van der Waals surface area contributed by atoms with Crippen molar-refractivity contribution in [2.45, 2.75) is 6.42 Å². The van der Waals surface area contributed by atoms with Gasteiger partial charge in [0.1, 0.15) is 5.75 Å². The zero-order valence-electron chi connectivity index (χ0n) is 15.8. The fourth-order valence-electron chi connectivity index (χ4n) is 3.08. The molecule has 0 bridgehead atoms.